The van der Waals surface area contributed by atoms with Crippen LogP contribution in [0.3, 0.4) is 0 Å². The summed E-state index contributed by atoms with van der Waals surface area (Å²) in [7, 11) is 3.13. The highest BCUT2D eigenvalue weighted by atomic mass is 19.2. The average Bonchev–Trinajstić information content (AvgIpc) is 3.25. The third kappa shape index (κ3) is 1.87. The quantitative estimate of drug-likeness (QED) is 0.809. The lowest BCUT2D eigenvalue weighted by Gasteiger charge is -2.31. The van der Waals surface area contributed by atoms with Crippen LogP contribution in [0.4, 0.5) is 8.63 Å². The molecule has 0 spiro atoms. The van der Waals surface area contributed by atoms with E-state index in [1.54, 1.807) is 56.7 Å². The van der Waals surface area contributed by atoms with Crippen LogP contribution in [-0.4, -0.2) is 36.4 Å². The maximum absolute atomic E-state index is 14.8. The zero-order valence-corrected chi connectivity index (χ0v) is 13.2. The van der Waals surface area contributed by atoms with Gasteiger partial charge in [0.15, 0.2) is 5.70 Å². The van der Waals surface area contributed by atoms with Crippen molar-refractivity contribution in [2.75, 3.05) is 14.2 Å². The van der Waals surface area contributed by atoms with Gasteiger partial charge in [0.2, 0.25) is 0 Å². The molecule has 0 amide bonds. The predicted molar refractivity (Wildman–Crippen MR) is 88.8 cm³/mol. The van der Waals surface area contributed by atoms with Crippen molar-refractivity contribution in [3.63, 3.8) is 0 Å². The second-order valence-electron chi connectivity index (χ2n) is 5.63. The molecular weight excluding hydrogens is 313 g/mol. The highest BCUT2D eigenvalue weighted by Crippen LogP contribution is 2.42. The Morgan fingerprint density at radius 3 is 2.71 bits per heavy atom. The minimum absolute atomic E-state index is 0.456. The second kappa shape index (κ2) is 5.09. The lowest BCUT2D eigenvalue weighted by atomic mass is 9.86. The third-order valence-electron chi connectivity index (χ3n) is 4.42. The lowest BCUT2D eigenvalue weighted by molar-refractivity contribution is -0.356. The van der Waals surface area contributed by atoms with Crippen molar-refractivity contribution in [2.24, 2.45) is 0 Å². The molecule has 0 radical (unpaired) electrons. The summed E-state index contributed by atoms with van der Waals surface area (Å²) in [6.07, 6.45) is 6.14. The number of hydrogen-bond donors (Lipinski definition) is 0. The van der Waals surface area contributed by atoms with Gasteiger partial charge < -0.3 is 27.1 Å². The van der Waals surface area contributed by atoms with Gasteiger partial charge in [-0.1, -0.05) is 0 Å². The van der Waals surface area contributed by atoms with E-state index in [4.69, 9.17) is 9.47 Å². The monoisotopic (exact) mass is 328 g/mol. The van der Waals surface area contributed by atoms with Gasteiger partial charge in [-0.15, -0.1) is 0 Å². The molecule has 0 N–H and O–H groups in total. The molecular formula is C17H15BF2N2O2. The maximum Gasteiger partial charge on any atom is 0.737 e. The highest BCUT2D eigenvalue weighted by molar-refractivity contribution is 6.57. The van der Waals surface area contributed by atoms with Gasteiger partial charge in [0.1, 0.15) is 17.7 Å². The maximum atomic E-state index is 14.8. The Morgan fingerprint density at radius 1 is 1.12 bits per heavy atom. The summed E-state index contributed by atoms with van der Waals surface area (Å²) in [5.74, 6) is 1.24. The fraction of sp³-hybridized carbons (Fsp3) is 0.118. The number of halogens is 2. The van der Waals surface area contributed by atoms with Crippen molar-refractivity contribution in [3.8, 4) is 11.5 Å². The van der Waals surface area contributed by atoms with Crippen molar-refractivity contribution in [3.05, 3.63) is 65.6 Å². The molecule has 0 saturated carbocycles. The molecule has 24 heavy (non-hydrogen) atoms. The van der Waals surface area contributed by atoms with E-state index in [0.29, 0.717) is 34.0 Å². The summed E-state index contributed by atoms with van der Waals surface area (Å²) in [4.78, 5) is 0. The largest absolute Gasteiger partial charge is 0.737 e. The zero-order chi connectivity index (χ0) is 16.9. The highest BCUT2D eigenvalue weighted by Gasteiger charge is 2.51. The van der Waals surface area contributed by atoms with E-state index in [2.05, 4.69) is 0 Å². The Balaban J connectivity index is 2.06. The fourth-order valence-electron chi connectivity index (χ4n) is 3.30. The number of hydrogen-bond acceptors (Lipinski definition) is 2. The van der Waals surface area contributed by atoms with Crippen LogP contribution in [0, 0.1) is 0 Å². The number of ether oxygens (including phenoxy) is 2. The number of fused-ring (bicyclic) bond motifs is 2. The molecule has 3 heterocycles. The molecule has 4 nitrogen and oxygen atoms in total. The van der Waals surface area contributed by atoms with Crippen LogP contribution in [0.25, 0.3) is 5.57 Å². The van der Waals surface area contributed by atoms with Gasteiger partial charge in [-0.2, -0.15) is 0 Å². The zero-order valence-electron chi connectivity index (χ0n) is 13.2. The van der Waals surface area contributed by atoms with E-state index < -0.39 is 6.97 Å². The minimum atomic E-state index is -3.90. The third-order valence-corrected chi connectivity index (χ3v) is 4.42. The molecule has 4 rings (SSSR count). The molecule has 0 saturated heterocycles. The summed E-state index contributed by atoms with van der Waals surface area (Å²) in [5, 5.41) is 0. The first-order valence-corrected chi connectivity index (χ1v) is 7.54. The van der Waals surface area contributed by atoms with Crippen LogP contribution >= 0.6 is 0 Å². The molecule has 1 aromatic heterocycles. The SMILES string of the molecule is COc1ccc(OC)c(C2=C3C=CC=[N+]3[B-](F)(F)n3cccc32)c1. The number of nitrogens with zero attached hydrogens (tertiary/aromatic N) is 2. The molecule has 7 heteroatoms. The topological polar surface area (TPSA) is 26.4 Å². The molecule has 2 aliphatic heterocycles. The molecule has 0 aliphatic carbocycles. The van der Waals surface area contributed by atoms with Crippen molar-refractivity contribution >= 4 is 18.8 Å². The van der Waals surface area contributed by atoms with Gasteiger partial charge >= 0.3 is 6.97 Å². The minimum Gasteiger partial charge on any atom is -0.497 e. The van der Waals surface area contributed by atoms with Crippen molar-refractivity contribution in [1.82, 2.24) is 4.48 Å². The first-order valence-electron chi connectivity index (χ1n) is 7.54. The van der Waals surface area contributed by atoms with Gasteiger partial charge in [0.05, 0.1) is 19.8 Å². The van der Waals surface area contributed by atoms with Crippen LogP contribution in [0.5, 0.6) is 11.5 Å². The summed E-state index contributed by atoms with van der Waals surface area (Å²) in [6.45, 7) is -3.90. The number of methoxy groups -OCH3 is 2. The van der Waals surface area contributed by atoms with Crippen LogP contribution in [0.1, 0.15) is 11.3 Å². The average molecular weight is 328 g/mol. The summed E-state index contributed by atoms with van der Waals surface area (Å²) >= 11 is 0. The van der Waals surface area contributed by atoms with Crippen molar-refractivity contribution < 1.29 is 22.6 Å². The molecule has 2 aliphatic rings. The first kappa shape index (κ1) is 14.7. The normalized spacial score (nSPS) is 17.4. The van der Waals surface area contributed by atoms with E-state index in [1.807, 2.05) is 0 Å². The predicted octanol–water partition coefficient (Wildman–Crippen LogP) is 3.15. The van der Waals surface area contributed by atoms with Crippen LogP contribution < -0.4 is 9.47 Å². The van der Waals surface area contributed by atoms with E-state index in [-0.39, 0.29) is 0 Å². The van der Waals surface area contributed by atoms with Crippen molar-refractivity contribution in [1.29, 1.82) is 0 Å². The number of benzene rings is 1. The lowest BCUT2D eigenvalue weighted by Crippen LogP contribution is -2.49. The number of aromatic nitrogens is 1. The molecule has 0 unspecified atom stereocenters. The van der Waals surface area contributed by atoms with E-state index in [9.17, 15) is 8.63 Å². The molecule has 0 atom stereocenters. The van der Waals surface area contributed by atoms with Gasteiger partial charge in [-0.3, -0.25) is 0 Å². The molecule has 1 aromatic carbocycles. The van der Waals surface area contributed by atoms with Crippen LogP contribution in [0.15, 0.2) is 54.4 Å². The Morgan fingerprint density at radius 2 is 1.96 bits per heavy atom. The Labute approximate surface area is 138 Å². The van der Waals surface area contributed by atoms with E-state index in [1.165, 1.54) is 12.4 Å². The van der Waals surface area contributed by atoms with E-state index >= 15 is 0 Å². The summed E-state index contributed by atoms with van der Waals surface area (Å²) in [6, 6.07) is 8.69. The number of rotatable bonds is 3. The van der Waals surface area contributed by atoms with Crippen molar-refractivity contribution in [2.45, 2.75) is 0 Å². The molecule has 0 fully saturated rings. The van der Waals surface area contributed by atoms with Gasteiger partial charge in [-0.05, 0) is 36.5 Å². The Kier molecular flexibility index (Phi) is 3.13. The first-order chi connectivity index (χ1) is 11.6. The number of allylic oxidation sites excluding steroid dienone is 2. The molecule has 2 aromatic rings. The van der Waals surface area contributed by atoms with Gasteiger partial charge in [0.25, 0.3) is 0 Å². The van der Waals surface area contributed by atoms with Gasteiger partial charge in [0, 0.05) is 23.4 Å². The Bertz CT molecular complexity index is 928. The van der Waals surface area contributed by atoms with Crippen LogP contribution in [-0.2, 0) is 0 Å². The van der Waals surface area contributed by atoms with Gasteiger partial charge in [-0.25, -0.2) is 0 Å². The fourth-order valence-corrected chi connectivity index (χ4v) is 3.30. The van der Waals surface area contributed by atoms with E-state index in [0.717, 1.165) is 8.96 Å². The van der Waals surface area contributed by atoms with Crippen LogP contribution in [0.2, 0.25) is 0 Å². The Hall–Kier alpha value is -2.83. The molecule has 0 bridgehead atoms. The second-order valence-corrected chi connectivity index (χ2v) is 5.63. The molecule has 122 valence electrons. The standard InChI is InChI=1S/C17H15BF2N2O2/c1-23-12-7-8-16(24-2)13(11-12)17-14-5-3-9-21(14)18(19,20)22-10-4-6-15(17)22/h3-11H,1-2H3. The summed E-state index contributed by atoms with van der Waals surface area (Å²) < 4.78 is 42.4. The smallest absolute Gasteiger partial charge is 0.497 e. The summed E-state index contributed by atoms with van der Waals surface area (Å²) in [5.41, 5.74) is 2.31.